The molecule has 0 aliphatic heterocycles. The Morgan fingerprint density at radius 1 is 1.37 bits per heavy atom. The van der Waals surface area contributed by atoms with Crippen LogP contribution in [0, 0.1) is 10.1 Å². The first-order valence-electron chi connectivity index (χ1n) is 5.96. The number of hydrogen-bond acceptors (Lipinski definition) is 6. The molecule has 0 radical (unpaired) electrons. The normalized spacial score (nSPS) is 17.5. The Kier molecular flexibility index (Phi) is 4.07. The molecule has 0 atom stereocenters. The summed E-state index contributed by atoms with van der Waals surface area (Å²) in [7, 11) is -3.71. The zero-order valence-corrected chi connectivity index (χ0v) is 11.8. The fourth-order valence-electron chi connectivity index (χ4n) is 2.15. The van der Waals surface area contributed by atoms with Crippen LogP contribution in [0.2, 0.25) is 0 Å². The molecule has 1 aromatic heterocycles. The molecule has 7 nitrogen and oxygen atoms in total. The van der Waals surface area contributed by atoms with Gasteiger partial charge in [-0.05, 0) is 12.8 Å². The molecule has 1 aliphatic carbocycles. The lowest BCUT2D eigenvalue weighted by Crippen LogP contribution is -2.35. The van der Waals surface area contributed by atoms with E-state index in [1.807, 2.05) is 0 Å². The molecular formula is C10H15N3O4S2. The maximum atomic E-state index is 12.1. The molecule has 106 valence electrons. The van der Waals surface area contributed by atoms with Gasteiger partial charge in [-0.15, -0.1) is 0 Å². The fraction of sp³-hybridized carbons (Fsp3) is 0.600. The van der Waals surface area contributed by atoms with Gasteiger partial charge in [-0.1, -0.05) is 30.6 Å². The number of hydrogen-bond donors (Lipinski definition) is 2. The number of sulfonamides is 1. The summed E-state index contributed by atoms with van der Waals surface area (Å²) in [5, 5.41) is 10.6. The predicted octanol–water partition coefficient (Wildman–Crippen LogP) is 1.85. The molecular weight excluding hydrogens is 290 g/mol. The number of anilines is 1. The first-order valence-corrected chi connectivity index (χ1v) is 8.26. The van der Waals surface area contributed by atoms with Gasteiger partial charge < -0.3 is 5.73 Å². The van der Waals surface area contributed by atoms with Crippen molar-refractivity contribution in [3.8, 4) is 0 Å². The largest absolute Gasteiger partial charge is 0.385 e. The van der Waals surface area contributed by atoms with E-state index in [-0.39, 0.29) is 20.9 Å². The summed E-state index contributed by atoms with van der Waals surface area (Å²) in [6.45, 7) is 0. The van der Waals surface area contributed by atoms with Crippen LogP contribution in [0.3, 0.4) is 0 Å². The second-order valence-corrected chi connectivity index (χ2v) is 7.55. The average molecular weight is 305 g/mol. The van der Waals surface area contributed by atoms with Crippen molar-refractivity contribution < 1.29 is 13.3 Å². The summed E-state index contributed by atoms with van der Waals surface area (Å²) in [5.74, 6) is 0. The predicted molar refractivity (Wildman–Crippen MR) is 72.6 cm³/mol. The molecule has 0 unspecified atom stereocenters. The van der Waals surface area contributed by atoms with Crippen molar-refractivity contribution in [2.45, 2.75) is 42.4 Å². The molecule has 3 N–H and O–H groups in total. The molecule has 1 aromatic rings. The van der Waals surface area contributed by atoms with E-state index in [0.29, 0.717) is 0 Å². The topological polar surface area (TPSA) is 115 Å². The van der Waals surface area contributed by atoms with Gasteiger partial charge in [0, 0.05) is 12.1 Å². The minimum absolute atomic E-state index is 0.0823. The van der Waals surface area contributed by atoms with E-state index in [2.05, 4.69) is 4.72 Å². The van der Waals surface area contributed by atoms with Gasteiger partial charge in [0.15, 0.2) is 5.00 Å². The highest BCUT2D eigenvalue weighted by molar-refractivity contribution is 7.91. The van der Waals surface area contributed by atoms with E-state index in [4.69, 9.17) is 5.73 Å². The van der Waals surface area contributed by atoms with Crippen molar-refractivity contribution in [1.29, 1.82) is 0 Å². The van der Waals surface area contributed by atoms with Gasteiger partial charge in [0.25, 0.3) is 10.0 Å². The lowest BCUT2D eigenvalue weighted by atomic mass is 9.96. The van der Waals surface area contributed by atoms with Gasteiger partial charge in [0.1, 0.15) is 4.21 Å². The molecule has 1 saturated carbocycles. The van der Waals surface area contributed by atoms with Crippen LogP contribution in [-0.4, -0.2) is 19.4 Å². The Bertz CT molecular complexity index is 576. The molecule has 0 spiro atoms. The summed E-state index contributed by atoms with van der Waals surface area (Å²) in [4.78, 5) is 9.99. The molecule has 0 saturated heterocycles. The SMILES string of the molecule is Nc1sc(S(=O)(=O)NC2CCCCC2)cc1[N+](=O)[O-]. The molecule has 1 aliphatic rings. The fourth-order valence-corrected chi connectivity index (χ4v) is 4.68. The van der Waals surface area contributed by atoms with Crippen molar-refractivity contribution in [3.63, 3.8) is 0 Å². The molecule has 0 bridgehead atoms. The van der Waals surface area contributed by atoms with Crippen molar-refractivity contribution in [3.05, 3.63) is 16.2 Å². The number of nitrogen functional groups attached to an aromatic ring is 1. The summed E-state index contributed by atoms with van der Waals surface area (Å²) in [6, 6.07) is 0.937. The van der Waals surface area contributed by atoms with Gasteiger partial charge in [0.05, 0.1) is 4.92 Å². The third kappa shape index (κ3) is 3.23. The number of rotatable bonds is 4. The van der Waals surface area contributed by atoms with Crippen molar-refractivity contribution >= 4 is 32.0 Å². The number of nitrogens with zero attached hydrogens (tertiary/aromatic N) is 1. The summed E-state index contributed by atoms with van der Waals surface area (Å²) in [5.41, 5.74) is 5.10. The van der Waals surface area contributed by atoms with E-state index < -0.39 is 14.9 Å². The summed E-state index contributed by atoms with van der Waals surface area (Å²) >= 11 is 0.724. The van der Waals surface area contributed by atoms with E-state index in [0.717, 1.165) is 49.5 Å². The highest BCUT2D eigenvalue weighted by Gasteiger charge is 2.27. The second-order valence-electron chi connectivity index (χ2n) is 4.53. The number of nitro groups is 1. The van der Waals surface area contributed by atoms with Crippen LogP contribution in [0.25, 0.3) is 0 Å². The Morgan fingerprint density at radius 2 is 2.00 bits per heavy atom. The molecule has 19 heavy (non-hydrogen) atoms. The average Bonchev–Trinajstić information content (AvgIpc) is 2.73. The van der Waals surface area contributed by atoms with Gasteiger partial charge in [-0.25, -0.2) is 13.1 Å². The third-order valence-corrected chi connectivity index (χ3v) is 6.05. The monoisotopic (exact) mass is 305 g/mol. The van der Waals surface area contributed by atoms with E-state index in [1.165, 1.54) is 0 Å². The Morgan fingerprint density at radius 3 is 2.53 bits per heavy atom. The number of nitrogens with two attached hydrogens (primary N) is 1. The Labute approximate surface area is 115 Å². The maximum Gasteiger partial charge on any atom is 0.304 e. The van der Waals surface area contributed by atoms with Gasteiger partial charge in [-0.3, -0.25) is 10.1 Å². The van der Waals surface area contributed by atoms with Crippen molar-refractivity contribution in [1.82, 2.24) is 4.72 Å². The van der Waals surface area contributed by atoms with Crippen molar-refractivity contribution in [2.24, 2.45) is 0 Å². The number of nitrogens with one attached hydrogen (secondary N) is 1. The highest BCUT2D eigenvalue weighted by atomic mass is 32.2. The molecule has 0 aromatic carbocycles. The van der Waals surface area contributed by atoms with Gasteiger partial charge in [-0.2, -0.15) is 0 Å². The Hall–Kier alpha value is -1.19. The molecule has 1 fully saturated rings. The zero-order chi connectivity index (χ0) is 14.0. The molecule has 2 rings (SSSR count). The standard InChI is InChI=1S/C10H15N3O4S2/c11-10-8(13(14)15)6-9(18-10)19(16,17)12-7-4-2-1-3-5-7/h6-7,12H,1-5,11H2. The van der Waals surface area contributed by atoms with Crippen LogP contribution in [-0.2, 0) is 10.0 Å². The van der Waals surface area contributed by atoms with Gasteiger partial charge in [0.2, 0.25) is 0 Å². The van der Waals surface area contributed by atoms with Crippen LogP contribution < -0.4 is 10.5 Å². The van der Waals surface area contributed by atoms with E-state index >= 15 is 0 Å². The zero-order valence-electron chi connectivity index (χ0n) is 10.2. The molecule has 0 amide bonds. The minimum atomic E-state index is -3.71. The lowest BCUT2D eigenvalue weighted by molar-refractivity contribution is -0.383. The van der Waals surface area contributed by atoms with Crippen LogP contribution >= 0.6 is 11.3 Å². The smallest absolute Gasteiger partial charge is 0.304 e. The van der Waals surface area contributed by atoms with E-state index in [1.54, 1.807) is 0 Å². The first kappa shape index (κ1) is 14.2. The van der Waals surface area contributed by atoms with Gasteiger partial charge >= 0.3 is 5.69 Å². The Balaban J connectivity index is 2.19. The molecule has 1 heterocycles. The summed E-state index contributed by atoms with van der Waals surface area (Å²) < 4.78 is 26.7. The first-order chi connectivity index (χ1) is 8.90. The quantitative estimate of drug-likeness (QED) is 0.650. The third-order valence-electron chi connectivity index (χ3n) is 3.11. The van der Waals surface area contributed by atoms with Crippen LogP contribution in [0.5, 0.6) is 0 Å². The summed E-state index contributed by atoms with van der Waals surface area (Å²) in [6.07, 6.45) is 4.74. The van der Waals surface area contributed by atoms with Crippen LogP contribution in [0.15, 0.2) is 10.3 Å². The number of thiophene rings is 1. The van der Waals surface area contributed by atoms with Crippen LogP contribution in [0.4, 0.5) is 10.7 Å². The van der Waals surface area contributed by atoms with E-state index in [9.17, 15) is 18.5 Å². The maximum absolute atomic E-state index is 12.1. The van der Waals surface area contributed by atoms with Crippen molar-refractivity contribution in [2.75, 3.05) is 5.73 Å². The lowest BCUT2D eigenvalue weighted by Gasteiger charge is -2.21. The van der Waals surface area contributed by atoms with Crippen LogP contribution in [0.1, 0.15) is 32.1 Å². The minimum Gasteiger partial charge on any atom is -0.385 e. The highest BCUT2D eigenvalue weighted by Crippen LogP contribution is 2.34. The second kappa shape index (κ2) is 5.43. The molecule has 9 heteroatoms.